The van der Waals surface area contributed by atoms with Crippen LogP contribution in [0.3, 0.4) is 0 Å². The number of ether oxygens (including phenoxy) is 3. The first-order valence-electron chi connectivity index (χ1n) is 11.9. The van der Waals surface area contributed by atoms with E-state index in [1.165, 1.54) is 6.08 Å². The molecule has 0 atom stereocenters. The summed E-state index contributed by atoms with van der Waals surface area (Å²) in [5.74, 6) is 0.713. The summed E-state index contributed by atoms with van der Waals surface area (Å²) in [5, 5.41) is 3.75. The molecule has 7 nitrogen and oxygen atoms in total. The SMILES string of the molecule is CCOC(=O)c1ccc(NC(=O)/C=C(\C)c2cc3c(-c4ccc(OC)cc4)coc3c(C)c2OC)cc1. The summed E-state index contributed by atoms with van der Waals surface area (Å²) in [5.41, 5.74) is 6.00. The second-order valence-corrected chi connectivity index (χ2v) is 8.45. The Morgan fingerprint density at radius 3 is 2.32 bits per heavy atom. The fourth-order valence-electron chi connectivity index (χ4n) is 4.22. The van der Waals surface area contributed by atoms with Gasteiger partial charge in [0.2, 0.25) is 5.91 Å². The lowest BCUT2D eigenvalue weighted by Crippen LogP contribution is -2.09. The standard InChI is InChI=1S/C30H29NO6/c1-6-36-30(33)21-7-11-22(12-8-21)31-27(32)15-18(2)24-16-25-26(20-9-13-23(34-4)14-10-20)17-37-29(25)19(3)28(24)35-5/h7-17H,6H2,1-5H3,(H,31,32)/b18-15+. The lowest BCUT2D eigenvalue weighted by atomic mass is 9.96. The molecular weight excluding hydrogens is 470 g/mol. The van der Waals surface area contributed by atoms with Crippen LogP contribution in [0.25, 0.3) is 27.7 Å². The number of hydrogen-bond acceptors (Lipinski definition) is 6. The van der Waals surface area contributed by atoms with E-state index < -0.39 is 5.97 Å². The third-order valence-corrected chi connectivity index (χ3v) is 6.09. The number of allylic oxidation sites excluding steroid dienone is 1. The minimum absolute atomic E-state index is 0.302. The van der Waals surface area contributed by atoms with Gasteiger partial charge in [-0.3, -0.25) is 4.79 Å². The van der Waals surface area contributed by atoms with E-state index in [-0.39, 0.29) is 5.91 Å². The third kappa shape index (κ3) is 5.35. The van der Waals surface area contributed by atoms with Crippen molar-refractivity contribution < 1.29 is 28.2 Å². The number of methoxy groups -OCH3 is 2. The van der Waals surface area contributed by atoms with E-state index in [9.17, 15) is 9.59 Å². The highest BCUT2D eigenvalue weighted by molar-refractivity contribution is 6.06. The molecule has 37 heavy (non-hydrogen) atoms. The van der Waals surface area contributed by atoms with Crippen LogP contribution in [0, 0.1) is 6.92 Å². The summed E-state index contributed by atoms with van der Waals surface area (Å²) in [4.78, 5) is 24.7. The van der Waals surface area contributed by atoms with E-state index in [0.717, 1.165) is 44.5 Å². The molecule has 0 radical (unpaired) electrons. The number of amides is 1. The average molecular weight is 500 g/mol. The van der Waals surface area contributed by atoms with Crippen molar-refractivity contribution >= 4 is 34.1 Å². The molecule has 190 valence electrons. The Labute approximate surface area is 215 Å². The van der Waals surface area contributed by atoms with Gasteiger partial charge in [0.05, 0.1) is 32.7 Å². The highest BCUT2D eigenvalue weighted by Gasteiger charge is 2.19. The summed E-state index contributed by atoms with van der Waals surface area (Å²) in [7, 11) is 3.23. The van der Waals surface area contributed by atoms with Crippen LogP contribution in [0.2, 0.25) is 0 Å². The number of esters is 1. The molecule has 0 aliphatic heterocycles. The number of carbonyl (C=O) groups is 2. The van der Waals surface area contributed by atoms with Crippen LogP contribution in [0.4, 0.5) is 5.69 Å². The first-order chi connectivity index (χ1) is 17.9. The van der Waals surface area contributed by atoms with E-state index in [2.05, 4.69) is 5.32 Å². The number of fused-ring (bicyclic) bond motifs is 1. The van der Waals surface area contributed by atoms with Crippen LogP contribution in [0.15, 0.2) is 71.4 Å². The van der Waals surface area contributed by atoms with Gasteiger partial charge in [-0.1, -0.05) is 12.1 Å². The van der Waals surface area contributed by atoms with Crippen molar-refractivity contribution in [2.45, 2.75) is 20.8 Å². The van der Waals surface area contributed by atoms with Crippen molar-refractivity contribution in [1.82, 2.24) is 0 Å². The number of rotatable bonds is 8. The molecule has 0 fully saturated rings. The number of aryl methyl sites for hydroxylation is 1. The van der Waals surface area contributed by atoms with Gasteiger partial charge < -0.3 is 23.9 Å². The van der Waals surface area contributed by atoms with E-state index in [4.69, 9.17) is 18.6 Å². The van der Waals surface area contributed by atoms with Crippen LogP contribution in [0.1, 0.15) is 35.3 Å². The molecule has 0 saturated heterocycles. The predicted octanol–water partition coefficient (Wildman–Crippen LogP) is 6.64. The molecule has 1 N–H and O–H groups in total. The quantitative estimate of drug-likeness (QED) is 0.216. The molecule has 0 unspecified atom stereocenters. The third-order valence-electron chi connectivity index (χ3n) is 6.09. The van der Waals surface area contributed by atoms with Crippen molar-refractivity contribution in [2.75, 3.05) is 26.1 Å². The molecule has 0 bridgehead atoms. The topological polar surface area (TPSA) is 87.0 Å². The first-order valence-corrected chi connectivity index (χ1v) is 11.9. The molecular formula is C30H29NO6. The van der Waals surface area contributed by atoms with Crippen LogP contribution in [-0.4, -0.2) is 32.7 Å². The van der Waals surface area contributed by atoms with E-state index in [1.54, 1.807) is 51.7 Å². The lowest BCUT2D eigenvalue weighted by Gasteiger charge is -2.13. The Morgan fingerprint density at radius 1 is 1.00 bits per heavy atom. The number of benzene rings is 3. The number of furan rings is 1. The maximum Gasteiger partial charge on any atom is 0.338 e. The molecule has 0 aliphatic carbocycles. The molecule has 1 aromatic heterocycles. The van der Waals surface area contributed by atoms with Gasteiger partial charge in [0.15, 0.2) is 0 Å². The summed E-state index contributed by atoms with van der Waals surface area (Å²) >= 11 is 0. The molecule has 4 aromatic rings. The summed E-state index contributed by atoms with van der Waals surface area (Å²) in [6.45, 7) is 5.85. The van der Waals surface area contributed by atoms with Crippen LogP contribution in [0.5, 0.6) is 11.5 Å². The van der Waals surface area contributed by atoms with Crippen molar-refractivity contribution in [2.24, 2.45) is 0 Å². The fourth-order valence-corrected chi connectivity index (χ4v) is 4.22. The second kappa shape index (κ2) is 11.0. The Balaban J connectivity index is 1.64. The highest BCUT2D eigenvalue weighted by Crippen LogP contribution is 2.40. The van der Waals surface area contributed by atoms with Crippen molar-refractivity contribution in [3.8, 4) is 22.6 Å². The number of carbonyl (C=O) groups excluding carboxylic acids is 2. The highest BCUT2D eigenvalue weighted by atomic mass is 16.5. The van der Waals surface area contributed by atoms with Gasteiger partial charge in [-0.2, -0.15) is 0 Å². The Morgan fingerprint density at radius 2 is 1.70 bits per heavy atom. The van der Waals surface area contributed by atoms with Crippen molar-refractivity contribution in [1.29, 1.82) is 0 Å². The summed E-state index contributed by atoms with van der Waals surface area (Å²) < 4.78 is 21.9. The molecule has 0 saturated carbocycles. The number of nitrogens with one attached hydrogen (secondary N) is 1. The maximum atomic E-state index is 12.8. The van der Waals surface area contributed by atoms with E-state index >= 15 is 0 Å². The molecule has 1 heterocycles. The Bertz CT molecular complexity index is 1460. The fraction of sp³-hybridized carbons (Fsp3) is 0.200. The lowest BCUT2D eigenvalue weighted by molar-refractivity contribution is -0.111. The molecule has 0 aliphatic rings. The molecule has 0 spiro atoms. The summed E-state index contributed by atoms with van der Waals surface area (Å²) in [6, 6.07) is 16.3. The largest absolute Gasteiger partial charge is 0.497 e. The average Bonchev–Trinajstić information content (AvgIpc) is 3.33. The molecule has 3 aromatic carbocycles. The van der Waals surface area contributed by atoms with Crippen molar-refractivity contribution in [3.63, 3.8) is 0 Å². The van der Waals surface area contributed by atoms with Gasteiger partial charge in [-0.25, -0.2) is 4.79 Å². The van der Waals surface area contributed by atoms with E-state index in [0.29, 0.717) is 23.6 Å². The minimum atomic E-state index is -0.401. The second-order valence-electron chi connectivity index (χ2n) is 8.45. The summed E-state index contributed by atoms with van der Waals surface area (Å²) in [6.07, 6.45) is 3.25. The molecule has 7 heteroatoms. The Hall–Kier alpha value is -4.52. The maximum absolute atomic E-state index is 12.8. The van der Waals surface area contributed by atoms with Gasteiger partial charge >= 0.3 is 5.97 Å². The normalized spacial score (nSPS) is 11.3. The molecule has 1 amide bonds. The van der Waals surface area contributed by atoms with Crippen molar-refractivity contribution in [3.05, 3.63) is 83.6 Å². The van der Waals surface area contributed by atoms with Gasteiger partial charge in [0.1, 0.15) is 17.1 Å². The van der Waals surface area contributed by atoms with Gasteiger partial charge in [-0.15, -0.1) is 0 Å². The number of hydrogen-bond donors (Lipinski definition) is 1. The Kier molecular flexibility index (Phi) is 7.63. The first kappa shape index (κ1) is 25.6. The van der Waals surface area contributed by atoms with E-state index in [1.807, 2.05) is 44.2 Å². The van der Waals surface area contributed by atoms with Gasteiger partial charge in [0, 0.05) is 33.8 Å². The van der Waals surface area contributed by atoms with Crippen LogP contribution in [-0.2, 0) is 9.53 Å². The smallest absolute Gasteiger partial charge is 0.338 e. The predicted molar refractivity (Wildman–Crippen MR) is 144 cm³/mol. The zero-order valence-corrected chi connectivity index (χ0v) is 21.5. The number of anilines is 1. The van der Waals surface area contributed by atoms with Gasteiger partial charge in [0.25, 0.3) is 0 Å². The van der Waals surface area contributed by atoms with Gasteiger partial charge in [-0.05, 0) is 74.4 Å². The zero-order chi connectivity index (χ0) is 26.5. The molecule has 4 rings (SSSR count). The zero-order valence-electron chi connectivity index (χ0n) is 21.5. The van der Waals surface area contributed by atoms with Crippen LogP contribution < -0.4 is 14.8 Å². The minimum Gasteiger partial charge on any atom is -0.497 e. The van der Waals surface area contributed by atoms with Crippen LogP contribution >= 0.6 is 0 Å². The monoisotopic (exact) mass is 499 g/mol.